The van der Waals surface area contributed by atoms with Crippen LogP contribution >= 0.6 is 0 Å². The van der Waals surface area contributed by atoms with Gasteiger partial charge in [0.05, 0.1) is 24.7 Å². The minimum atomic E-state index is -0.960. The molecular formula is C11H19N3O4. The summed E-state index contributed by atoms with van der Waals surface area (Å²) in [7, 11) is 0. The Hall–Kier alpha value is -1.73. The van der Waals surface area contributed by atoms with E-state index in [1.165, 1.54) is 19.3 Å². The van der Waals surface area contributed by atoms with Crippen LogP contribution in [0.2, 0.25) is 0 Å². The number of aliphatic hydroxyl groups is 2. The van der Waals surface area contributed by atoms with Crippen molar-refractivity contribution in [2.24, 2.45) is 0 Å². The number of carbonyl (C=O) groups excluding carboxylic acids is 1. The van der Waals surface area contributed by atoms with Gasteiger partial charge in [-0.25, -0.2) is 9.97 Å². The van der Waals surface area contributed by atoms with Gasteiger partial charge < -0.3 is 20.3 Å². The second kappa shape index (κ2) is 9.32. The molecule has 1 heterocycles. The van der Waals surface area contributed by atoms with Gasteiger partial charge in [-0.3, -0.25) is 4.79 Å². The fourth-order valence-electron chi connectivity index (χ4n) is 0.882. The summed E-state index contributed by atoms with van der Waals surface area (Å²) in [6, 6.07) is 0.0709. The van der Waals surface area contributed by atoms with Crippen LogP contribution in [0.15, 0.2) is 12.4 Å². The Labute approximate surface area is 106 Å². The Kier molecular flexibility index (Phi) is 8.42. The molecule has 0 fully saturated rings. The van der Waals surface area contributed by atoms with Crippen molar-refractivity contribution in [2.75, 3.05) is 18.5 Å². The number of hydrogen-bond donors (Lipinski definition) is 3. The van der Waals surface area contributed by atoms with Crippen molar-refractivity contribution in [3.63, 3.8) is 0 Å². The Morgan fingerprint density at radius 3 is 2.44 bits per heavy atom. The van der Waals surface area contributed by atoms with E-state index < -0.39 is 6.10 Å². The van der Waals surface area contributed by atoms with E-state index in [9.17, 15) is 4.79 Å². The number of nitrogens with zero attached hydrogens (tertiary/aromatic N) is 2. The zero-order chi connectivity index (χ0) is 14.0. The summed E-state index contributed by atoms with van der Waals surface area (Å²) in [5.41, 5.74) is 0.461. The molecule has 0 radical (unpaired) electrons. The lowest BCUT2D eigenvalue weighted by Crippen LogP contribution is -2.22. The number of aromatic nitrogens is 2. The molecule has 0 aliphatic carbocycles. The predicted octanol–water partition coefficient (Wildman–Crippen LogP) is 0.193. The van der Waals surface area contributed by atoms with Gasteiger partial charge in [-0.2, -0.15) is 0 Å². The van der Waals surface area contributed by atoms with Crippen molar-refractivity contribution in [3.05, 3.63) is 12.4 Å². The molecule has 1 rings (SSSR count). The standard InChI is InChI=1S/C9H13N3O4.C2H6/c1-6(14)12-7-2-10-9(11-3-7)16-5-8(15)4-13;1-2/h2-3,8,13,15H,4-5H2,1H3,(H,12,14);1-2H3. The van der Waals surface area contributed by atoms with Gasteiger partial charge in [0.25, 0.3) is 0 Å². The zero-order valence-electron chi connectivity index (χ0n) is 10.8. The number of hydrogen-bond acceptors (Lipinski definition) is 6. The molecule has 1 amide bonds. The number of nitrogens with one attached hydrogen (secondary N) is 1. The topological polar surface area (TPSA) is 105 Å². The fraction of sp³-hybridized carbons (Fsp3) is 0.545. The molecule has 3 N–H and O–H groups in total. The molecule has 0 aromatic carbocycles. The molecule has 0 spiro atoms. The highest BCUT2D eigenvalue weighted by molar-refractivity contribution is 5.88. The number of amides is 1. The minimum absolute atomic E-state index is 0.0709. The van der Waals surface area contributed by atoms with Crippen molar-refractivity contribution in [1.29, 1.82) is 0 Å². The van der Waals surface area contributed by atoms with Crippen LogP contribution in [0.5, 0.6) is 6.01 Å². The molecule has 0 bridgehead atoms. The van der Waals surface area contributed by atoms with E-state index in [0.29, 0.717) is 5.69 Å². The highest BCUT2D eigenvalue weighted by Gasteiger charge is 2.05. The molecule has 0 aliphatic rings. The van der Waals surface area contributed by atoms with Crippen LogP contribution in [0, 0.1) is 0 Å². The third-order valence-corrected chi connectivity index (χ3v) is 1.56. The Balaban J connectivity index is 0.00000137. The third-order valence-electron chi connectivity index (χ3n) is 1.56. The molecule has 0 saturated heterocycles. The summed E-state index contributed by atoms with van der Waals surface area (Å²) in [5.74, 6) is -0.215. The Bertz CT molecular complexity index is 343. The maximum absolute atomic E-state index is 10.7. The SMILES string of the molecule is CC.CC(=O)Nc1cnc(OCC(O)CO)nc1. The lowest BCUT2D eigenvalue weighted by molar-refractivity contribution is -0.114. The quantitative estimate of drug-likeness (QED) is 0.695. The second-order valence-electron chi connectivity index (χ2n) is 3.08. The summed E-state index contributed by atoms with van der Waals surface area (Å²) in [4.78, 5) is 18.3. The third kappa shape index (κ3) is 6.77. The lowest BCUT2D eigenvalue weighted by Gasteiger charge is -2.08. The summed E-state index contributed by atoms with van der Waals surface area (Å²) >= 11 is 0. The first-order valence-corrected chi connectivity index (χ1v) is 5.63. The maximum Gasteiger partial charge on any atom is 0.316 e. The van der Waals surface area contributed by atoms with Gasteiger partial charge in [0.1, 0.15) is 12.7 Å². The van der Waals surface area contributed by atoms with Crippen LogP contribution < -0.4 is 10.1 Å². The number of ether oxygens (including phenoxy) is 1. The van der Waals surface area contributed by atoms with Crippen molar-refractivity contribution >= 4 is 11.6 Å². The van der Waals surface area contributed by atoms with Gasteiger partial charge in [0.2, 0.25) is 5.91 Å². The summed E-state index contributed by atoms with van der Waals surface area (Å²) in [6.07, 6.45) is 1.81. The van der Waals surface area contributed by atoms with Gasteiger partial charge in [-0.1, -0.05) is 13.8 Å². The van der Waals surface area contributed by atoms with Crippen molar-refractivity contribution in [1.82, 2.24) is 9.97 Å². The molecule has 1 atom stereocenters. The minimum Gasteiger partial charge on any atom is -0.461 e. The highest BCUT2D eigenvalue weighted by atomic mass is 16.5. The molecule has 1 aromatic heterocycles. The molecule has 7 nitrogen and oxygen atoms in total. The van der Waals surface area contributed by atoms with Gasteiger partial charge in [0, 0.05) is 6.92 Å². The van der Waals surface area contributed by atoms with Crippen molar-refractivity contribution < 1.29 is 19.7 Å². The first kappa shape index (κ1) is 16.3. The van der Waals surface area contributed by atoms with Gasteiger partial charge in [0.15, 0.2) is 0 Å². The van der Waals surface area contributed by atoms with E-state index >= 15 is 0 Å². The van der Waals surface area contributed by atoms with Crippen LogP contribution in [0.4, 0.5) is 5.69 Å². The molecule has 102 valence electrons. The smallest absolute Gasteiger partial charge is 0.316 e. The Morgan fingerprint density at radius 2 is 2.00 bits per heavy atom. The molecule has 0 aliphatic heterocycles. The van der Waals surface area contributed by atoms with Crippen LogP contribution in [-0.4, -0.2) is 45.4 Å². The molecular weight excluding hydrogens is 238 g/mol. The number of aliphatic hydroxyl groups excluding tert-OH is 2. The first-order chi connectivity index (χ1) is 8.61. The maximum atomic E-state index is 10.7. The number of anilines is 1. The summed E-state index contributed by atoms with van der Waals surface area (Å²) in [6.45, 7) is 4.90. The molecule has 7 heteroatoms. The van der Waals surface area contributed by atoms with E-state index in [4.69, 9.17) is 14.9 Å². The highest BCUT2D eigenvalue weighted by Crippen LogP contribution is 2.07. The van der Waals surface area contributed by atoms with E-state index in [-0.39, 0.29) is 25.1 Å². The Morgan fingerprint density at radius 1 is 1.44 bits per heavy atom. The number of rotatable bonds is 5. The van der Waals surface area contributed by atoms with Crippen LogP contribution in [-0.2, 0) is 4.79 Å². The summed E-state index contributed by atoms with van der Waals surface area (Å²) < 4.78 is 4.97. The first-order valence-electron chi connectivity index (χ1n) is 5.63. The van der Waals surface area contributed by atoms with Crippen LogP contribution in [0.1, 0.15) is 20.8 Å². The van der Waals surface area contributed by atoms with E-state index in [2.05, 4.69) is 15.3 Å². The largest absolute Gasteiger partial charge is 0.461 e. The van der Waals surface area contributed by atoms with Gasteiger partial charge in [-0.15, -0.1) is 0 Å². The summed E-state index contributed by atoms with van der Waals surface area (Å²) in [5, 5.41) is 20.0. The van der Waals surface area contributed by atoms with Crippen LogP contribution in [0.25, 0.3) is 0 Å². The second-order valence-corrected chi connectivity index (χ2v) is 3.08. The average molecular weight is 257 g/mol. The monoisotopic (exact) mass is 257 g/mol. The molecule has 0 saturated carbocycles. The predicted molar refractivity (Wildman–Crippen MR) is 66.3 cm³/mol. The lowest BCUT2D eigenvalue weighted by atomic mass is 10.4. The van der Waals surface area contributed by atoms with E-state index in [1.807, 2.05) is 13.8 Å². The molecule has 18 heavy (non-hydrogen) atoms. The molecule has 1 unspecified atom stereocenters. The average Bonchev–Trinajstić information content (AvgIpc) is 2.39. The zero-order valence-corrected chi connectivity index (χ0v) is 10.8. The number of carbonyl (C=O) groups is 1. The van der Waals surface area contributed by atoms with Gasteiger partial charge >= 0.3 is 6.01 Å². The van der Waals surface area contributed by atoms with Crippen molar-refractivity contribution in [2.45, 2.75) is 26.9 Å². The van der Waals surface area contributed by atoms with E-state index in [1.54, 1.807) is 0 Å². The fourth-order valence-corrected chi connectivity index (χ4v) is 0.882. The van der Waals surface area contributed by atoms with Gasteiger partial charge in [-0.05, 0) is 0 Å². The normalized spacial score (nSPS) is 10.9. The molecule has 1 aromatic rings. The van der Waals surface area contributed by atoms with E-state index in [0.717, 1.165) is 0 Å². The van der Waals surface area contributed by atoms with Crippen molar-refractivity contribution in [3.8, 4) is 6.01 Å². The van der Waals surface area contributed by atoms with Crippen LogP contribution in [0.3, 0.4) is 0 Å².